The maximum atomic E-state index is 5.80. The third-order valence-electron chi connectivity index (χ3n) is 4.90. The summed E-state index contributed by atoms with van der Waals surface area (Å²) in [4.78, 5) is 3.60. The summed E-state index contributed by atoms with van der Waals surface area (Å²) < 4.78 is 11.2. The van der Waals surface area contributed by atoms with E-state index in [2.05, 4.69) is 48.3 Å². The van der Waals surface area contributed by atoms with Gasteiger partial charge in [-0.25, -0.2) is 0 Å². The number of fused-ring (bicyclic) bond motifs is 1. The summed E-state index contributed by atoms with van der Waals surface area (Å²) in [6.07, 6.45) is 5.32. The summed E-state index contributed by atoms with van der Waals surface area (Å²) in [6, 6.07) is 14.6. The molecule has 2 aromatic carbocycles. The first-order valence-corrected chi connectivity index (χ1v) is 9.88. The minimum absolute atomic E-state index is 0.727. The third-order valence-corrected chi connectivity index (χ3v) is 4.90. The van der Waals surface area contributed by atoms with E-state index in [1.165, 1.54) is 22.2 Å². The van der Waals surface area contributed by atoms with Gasteiger partial charge in [-0.05, 0) is 85.8 Å². The first-order valence-electron chi connectivity index (χ1n) is 9.88. The van der Waals surface area contributed by atoms with E-state index in [0.29, 0.717) is 0 Å². The van der Waals surface area contributed by atoms with Gasteiger partial charge in [0.1, 0.15) is 11.5 Å². The number of unbranched alkanes of at least 4 members (excludes halogenated alkanes) is 2. The van der Waals surface area contributed by atoms with Crippen molar-refractivity contribution in [3.8, 4) is 22.8 Å². The highest BCUT2D eigenvalue weighted by Crippen LogP contribution is 2.34. The molecule has 0 saturated heterocycles. The van der Waals surface area contributed by atoms with Crippen LogP contribution in [0.2, 0.25) is 0 Å². The number of aryl methyl sites for hydroxylation is 1. The van der Waals surface area contributed by atoms with Crippen LogP contribution in [0.15, 0.2) is 42.5 Å². The van der Waals surface area contributed by atoms with Crippen LogP contribution in [0.5, 0.6) is 11.5 Å². The Hall–Kier alpha value is -2.46. The van der Waals surface area contributed by atoms with Crippen molar-refractivity contribution in [2.75, 3.05) is 20.3 Å². The summed E-state index contributed by atoms with van der Waals surface area (Å²) >= 11 is 0. The molecule has 4 nitrogen and oxygen atoms in total. The fraction of sp³-hybridized carbons (Fsp3) is 0.391. The Kier molecular flexibility index (Phi) is 6.77. The molecule has 0 amide bonds. The smallest absolute Gasteiger partial charge is 0.119 e. The molecule has 0 spiro atoms. The van der Waals surface area contributed by atoms with Crippen LogP contribution in [0.25, 0.3) is 22.2 Å². The zero-order valence-electron chi connectivity index (χ0n) is 16.4. The second-order valence-electron chi connectivity index (χ2n) is 6.86. The molecule has 0 saturated carbocycles. The van der Waals surface area contributed by atoms with Gasteiger partial charge in [0.15, 0.2) is 0 Å². The van der Waals surface area contributed by atoms with Crippen molar-refractivity contribution in [3.63, 3.8) is 0 Å². The lowest BCUT2D eigenvalue weighted by atomic mass is 10.00. The Labute approximate surface area is 161 Å². The molecule has 3 N–H and O–H groups in total. The minimum atomic E-state index is 0.727. The Balaban J connectivity index is 1.93. The van der Waals surface area contributed by atoms with Gasteiger partial charge in [0, 0.05) is 16.6 Å². The highest BCUT2D eigenvalue weighted by molar-refractivity contribution is 5.91. The number of hydrogen-bond donors (Lipinski definition) is 2. The van der Waals surface area contributed by atoms with Gasteiger partial charge in [-0.1, -0.05) is 13.3 Å². The summed E-state index contributed by atoms with van der Waals surface area (Å²) in [5, 5.41) is 1.23. The van der Waals surface area contributed by atoms with Crippen LogP contribution in [0.3, 0.4) is 0 Å². The maximum Gasteiger partial charge on any atom is 0.119 e. The average molecular weight is 367 g/mol. The normalized spacial score (nSPS) is 11.1. The summed E-state index contributed by atoms with van der Waals surface area (Å²) in [5.41, 5.74) is 10.5. The van der Waals surface area contributed by atoms with Crippen LogP contribution in [0.1, 0.15) is 38.2 Å². The van der Waals surface area contributed by atoms with Gasteiger partial charge in [-0.2, -0.15) is 0 Å². The number of aromatic nitrogens is 1. The first-order chi connectivity index (χ1) is 13.3. The third kappa shape index (κ3) is 4.64. The molecule has 0 radical (unpaired) electrons. The van der Waals surface area contributed by atoms with Gasteiger partial charge in [-0.3, -0.25) is 0 Å². The minimum Gasteiger partial charge on any atom is -0.497 e. The molecular formula is C23H30N2O2. The molecule has 3 rings (SSSR count). The van der Waals surface area contributed by atoms with Crippen LogP contribution in [0.4, 0.5) is 0 Å². The van der Waals surface area contributed by atoms with Crippen molar-refractivity contribution < 1.29 is 9.47 Å². The second-order valence-corrected chi connectivity index (χ2v) is 6.86. The van der Waals surface area contributed by atoms with Crippen molar-refractivity contribution in [1.82, 2.24) is 4.98 Å². The van der Waals surface area contributed by atoms with Gasteiger partial charge in [0.05, 0.1) is 13.7 Å². The molecule has 0 atom stereocenters. The molecule has 0 aliphatic carbocycles. The van der Waals surface area contributed by atoms with Crippen molar-refractivity contribution in [1.29, 1.82) is 0 Å². The van der Waals surface area contributed by atoms with Crippen molar-refractivity contribution >= 4 is 10.9 Å². The van der Waals surface area contributed by atoms with E-state index in [4.69, 9.17) is 15.2 Å². The number of hydrogen-bond acceptors (Lipinski definition) is 3. The van der Waals surface area contributed by atoms with Crippen LogP contribution >= 0.6 is 0 Å². The van der Waals surface area contributed by atoms with Crippen molar-refractivity contribution in [2.45, 2.75) is 39.0 Å². The Morgan fingerprint density at radius 1 is 0.963 bits per heavy atom. The average Bonchev–Trinajstić information content (AvgIpc) is 3.06. The van der Waals surface area contributed by atoms with Gasteiger partial charge >= 0.3 is 0 Å². The zero-order valence-corrected chi connectivity index (χ0v) is 16.4. The van der Waals surface area contributed by atoms with Gasteiger partial charge in [-0.15, -0.1) is 0 Å². The standard InChI is InChI=1S/C23H30N2O2/c1-3-4-15-27-18-10-8-17(9-11-18)23-20(7-5-6-14-24)21-16-19(26-2)12-13-22(21)25-23/h8-13,16,25H,3-7,14-15,24H2,1-2H3. The first kappa shape index (κ1) is 19.3. The highest BCUT2D eigenvalue weighted by Gasteiger charge is 2.14. The largest absolute Gasteiger partial charge is 0.497 e. The van der Waals surface area contributed by atoms with Crippen LogP contribution in [0, 0.1) is 0 Å². The summed E-state index contributed by atoms with van der Waals surface area (Å²) in [7, 11) is 1.71. The number of ether oxygens (including phenoxy) is 2. The van der Waals surface area contributed by atoms with Crippen molar-refractivity contribution in [2.24, 2.45) is 5.73 Å². The van der Waals surface area contributed by atoms with E-state index in [1.807, 2.05) is 6.07 Å². The zero-order chi connectivity index (χ0) is 19.1. The van der Waals surface area contributed by atoms with Gasteiger partial charge < -0.3 is 20.2 Å². The van der Waals surface area contributed by atoms with E-state index < -0.39 is 0 Å². The number of methoxy groups -OCH3 is 1. The Morgan fingerprint density at radius 2 is 1.74 bits per heavy atom. The molecule has 0 bridgehead atoms. The number of nitrogens with one attached hydrogen (secondary N) is 1. The van der Waals surface area contributed by atoms with E-state index in [1.54, 1.807) is 7.11 Å². The quantitative estimate of drug-likeness (QED) is 0.478. The molecular weight excluding hydrogens is 336 g/mol. The van der Waals surface area contributed by atoms with Crippen LogP contribution in [-0.2, 0) is 6.42 Å². The number of aromatic amines is 1. The number of benzene rings is 2. The van der Waals surface area contributed by atoms with E-state index >= 15 is 0 Å². The fourth-order valence-corrected chi connectivity index (χ4v) is 3.36. The summed E-state index contributed by atoms with van der Waals surface area (Å²) in [5.74, 6) is 1.81. The molecule has 3 aromatic rings. The predicted octanol–water partition coefficient (Wildman–Crippen LogP) is 5.30. The summed E-state index contributed by atoms with van der Waals surface area (Å²) in [6.45, 7) is 3.67. The second kappa shape index (κ2) is 9.47. The van der Waals surface area contributed by atoms with Crippen LogP contribution in [-0.4, -0.2) is 25.2 Å². The van der Waals surface area contributed by atoms with E-state index in [-0.39, 0.29) is 0 Å². The van der Waals surface area contributed by atoms with Gasteiger partial charge in [0.2, 0.25) is 0 Å². The lowest BCUT2D eigenvalue weighted by Crippen LogP contribution is -1.99. The molecule has 4 heteroatoms. The Bertz CT molecular complexity index is 853. The lowest BCUT2D eigenvalue weighted by Gasteiger charge is -2.08. The highest BCUT2D eigenvalue weighted by atomic mass is 16.5. The molecule has 1 aromatic heterocycles. The molecule has 27 heavy (non-hydrogen) atoms. The van der Waals surface area contributed by atoms with Gasteiger partial charge in [0.25, 0.3) is 0 Å². The SMILES string of the molecule is CCCCOc1ccc(-c2[nH]c3ccc(OC)cc3c2CCCCN)cc1. The van der Waals surface area contributed by atoms with Crippen molar-refractivity contribution in [3.05, 3.63) is 48.0 Å². The topological polar surface area (TPSA) is 60.3 Å². The molecule has 0 fully saturated rings. The number of H-pyrrole nitrogens is 1. The molecule has 0 aliphatic heterocycles. The number of rotatable bonds is 10. The predicted molar refractivity (Wildman–Crippen MR) is 113 cm³/mol. The molecule has 0 aliphatic rings. The fourth-order valence-electron chi connectivity index (χ4n) is 3.36. The lowest BCUT2D eigenvalue weighted by molar-refractivity contribution is 0.309. The number of nitrogens with two attached hydrogens (primary N) is 1. The van der Waals surface area contributed by atoms with E-state index in [0.717, 1.165) is 62.3 Å². The van der Waals surface area contributed by atoms with E-state index in [9.17, 15) is 0 Å². The van der Waals surface area contributed by atoms with Crippen LogP contribution < -0.4 is 15.2 Å². The molecule has 144 valence electrons. The Morgan fingerprint density at radius 3 is 2.44 bits per heavy atom. The maximum absolute atomic E-state index is 5.80. The monoisotopic (exact) mass is 366 g/mol. The molecule has 0 unspecified atom stereocenters. The molecule has 1 heterocycles.